The quantitative estimate of drug-likeness (QED) is 0.584. The highest BCUT2D eigenvalue weighted by atomic mass is 32.1. The molecule has 29 heavy (non-hydrogen) atoms. The van der Waals surface area contributed by atoms with Crippen LogP contribution in [0.25, 0.3) is 0 Å². The molecule has 3 heterocycles. The van der Waals surface area contributed by atoms with Crippen molar-refractivity contribution < 1.29 is 4.79 Å². The van der Waals surface area contributed by atoms with E-state index in [2.05, 4.69) is 20.6 Å². The summed E-state index contributed by atoms with van der Waals surface area (Å²) in [6, 6.07) is 3.76. The van der Waals surface area contributed by atoms with E-state index in [9.17, 15) is 4.79 Å². The van der Waals surface area contributed by atoms with Gasteiger partial charge in [0.05, 0.1) is 11.1 Å². The van der Waals surface area contributed by atoms with Crippen LogP contribution in [0, 0.1) is 11.8 Å². The highest BCUT2D eigenvalue weighted by Crippen LogP contribution is 2.39. The van der Waals surface area contributed by atoms with Gasteiger partial charge in [-0.05, 0) is 30.0 Å². The van der Waals surface area contributed by atoms with Crippen molar-refractivity contribution in [1.29, 1.82) is 0 Å². The normalized spacial score (nSPS) is 19.4. The number of hydrogen-bond donors (Lipinski definition) is 3. The van der Waals surface area contributed by atoms with Crippen LogP contribution >= 0.6 is 23.6 Å². The molecule has 7 nitrogen and oxygen atoms in total. The van der Waals surface area contributed by atoms with E-state index in [4.69, 9.17) is 18.0 Å². The van der Waals surface area contributed by atoms with Crippen LogP contribution in [0.4, 0.5) is 11.6 Å². The molecule has 2 aromatic rings. The number of hydrogen-bond acceptors (Lipinski definition) is 7. The number of pyridine rings is 1. The van der Waals surface area contributed by atoms with Crippen molar-refractivity contribution in [2.75, 3.05) is 24.6 Å². The fourth-order valence-corrected chi connectivity index (χ4v) is 4.46. The molecule has 1 amide bonds. The summed E-state index contributed by atoms with van der Waals surface area (Å²) in [5, 5.41) is 8.51. The Balaban J connectivity index is 1.64. The van der Waals surface area contributed by atoms with E-state index in [1.807, 2.05) is 24.6 Å². The number of aromatic nitrogens is 2. The number of thiazole rings is 1. The smallest absolute Gasteiger partial charge is 0.258 e. The zero-order valence-corrected chi connectivity index (χ0v) is 17.9. The lowest BCUT2D eigenvalue weighted by molar-refractivity contribution is -0.126. The van der Waals surface area contributed by atoms with Crippen molar-refractivity contribution in [2.45, 2.75) is 25.8 Å². The number of nitrogens with one attached hydrogen (secondary N) is 2. The average Bonchev–Trinajstić information content (AvgIpc) is 3.36. The van der Waals surface area contributed by atoms with Crippen LogP contribution in [-0.4, -0.2) is 39.4 Å². The Kier molecular flexibility index (Phi) is 5.77. The molecule has 4 rings (SSSR count). The molecule has 0 spiro atoms. The molecule has 4 N–H and O–H groups in total. The second-order valence-electron chi connectivity index (χ2n) is 7.62. The lowest BCUT2D eigenvalue weighted by Crippen LogP contribution is -2.45. The fourth-order valence-electron chi connectivity index (χ4n) is 3.67. The third-order valence-corrected chi connectivity index (χ3v) is 6.17. The van der Waals surface area contributed by atoms with Crippen LogP contribution in [-0.2, 0) is 11.3 Å². The van der Waals surface area contributed by atoms with Gasteiger partial charge < -0.3 is 21.3 Å². The van der Waals surface area contributed by atoms with Crippen molar-refractivity contribution in [1.82, 2.24) is 20.2 Å². The first-order chi connectivity index (χ1) is 14.0. The molecule has 1 fully saturated rings. The predicted octanol–water partition coefficient (Wildman–Crippen LogP) is 2.79. The van der Waals surface area contributed by atoms with Crippen LogP contribution in [0.1, 0.15) is 24.8 Å². The first-order valence-electron chi connectivity index (χ1n) is 9.64. The third kappa shape index (κ3) is 4.73. The van der Waals surface area contributed by atoms with Crippen LogP contribution in [0.5, 0.6) is 0 Å². The van der Waals surface area contributed by atoms with E-state index >= 15 is 0 Å². The Labute approximate surface area is 179 Å². The molecule has 1 saturated carbocycles. The number of nitrogens with zero attached hydrogens (tertiary/aromatic N) is 3. The molecule has 1 aliphatic carbocycles. The molecule has 0 saturated heterocycles. The number of likely N-dealkylation sites (N-methyl/N-ethyl adjacent to an activating group) is 1. The number of carbonyl (C=O) groups excluding carboxylic acids is 1. The van der Waals surface area contributed by atoms with Gasteiger partial charge in [-0.3, -0.25) is 4.79 Å². The molecule has 0 aromatic carbocycles. The Morgan fingerprint density at radius 2 is 2.24 bits per heavy atom. The number of amides is 1. The van der Waals surface area contributed by atoms with E-state index < -0.39 is 0 Å². The minimum Gasteiger partial charge on any atom is -0.384 e. The maximum atomic E-state index is 13.1. The van der Waals surface area contributed by atoms with Crippen molar-refractivity contribution in [3.63, 3.8) is 0 Å². The lowest BCUT2D eigenvalue weighted by atomic mass is 9.90. The summed E-state index contributed by atoms with van der Waals surface area (Å²) in [4.78, 5) is 23.5. The molecular weight excluding hydrogens is 404 g/mol. The molecule has 2 aliphatic rings. The number of nitrogen functional groups attached to an aromatic ring is 1. The molecule has 1 aliphatic heterocycles. The van der Waals surface area contributed by atoms with E-state index in [0.717, 1.165) is 23.6 Å². The number of rotatable bonds is 7. The van der Waals surface area contributed by atoms with Gasteiger partial charge in [-0.15, -0.1) is 11.3 Å². The maximum absolute atomic E-state index is 13.1. The second kappa shape index (κ2) is 8.46. The van der Waals surface area contributed by atoms with E-state index in [1.54, 1.807) is 16.6 Å². The Morgan fingerprint density at radius 1 is 1.41 bits per heavy atom. The van der Waals surface area contributed by atoms with Crippen LogP contribution in [0.3, 0.4) is 0 Å². The van der Waals surface area contributed by atoms with Gasteiger partial charge in [0.15, 0.2) is 0 Å². The van der Waals surface area contributed by atoms with E-state index in [1.165, 1.54) is 24.2 Å². The topological polar surface area (TPSA) is 96.2 Å². The minimum absolute atomic E-state index is 0.0680. The molecule has 0 unspecified atom stereocenters. The second-order valence-corrected chi connectivity index (χ2v) is 8.75. The van der Waals surface area contributed by atoms with Gasteiger partial charge in [0.2, 0.25) is 0 Å². The summed E-state index contributed by atoms with van der Waals surface area (Å²) >= 11 is 7.12. The Bertz CT molecular complexity index is 938. The first-order valence-corrected chi connectivity index (χ1v) is 11.0. The predicted molar refractivity (Wildman–Crippen MR) is 119 cm³/mol. The Morgan fingerprint density at radius 3 is 2.93 bits per heavy atom. The summed E-state index contributed by atoms with van der Waals surface area (Å²) in [7, 11) is 1.84. The van der Waals surface area contributed by atoms with Crippen molar-refractivity contribution in [3.05, 3.63) is 46.1 Å². The van der Waals surface area contributed by atoms with Crippen molar-refractivity contribution in [3.8, 4) is 0 Å². The molecule has 152 valence electrons. The van der Waals surface area contributed by atoms with Crippen LogP contribution in [0.2, 0.25) is 0 Å². The Hall–Kier alpha value is -2.52. The van der Waals surface area contributed by atoms with E-state index in [0.29, 0.717) is 35.3 Å². The van der Waals surface area contributed by atoms with Gasteiger partial charge in [0.1, 0.15) is 16.6 Å². The number of anilines is 2. The highest BCUT2D eigenvalue weighted by Gasteiger charge is 2.37. The molecule has 1 atom stereocenters. The molecule has 9 heteroatoms. The third-order valence-electron chi connectivity index (χ3n) is 5.28. The largest absolute Gasteiger partial charge is 0.384 e. The van der Waals surface area contributed by atoms with E-state index in [-0.39, 0.29) is 11.8 Å². The lowest BCUT2D eigenvalue weighted by Gasteiger charge is -2.35. The molecule has 2 aromatic heterocycles. The fraction of sp³-hybridized carbons (Fsp3) is 0.400. The zero-order chi connectivity index (χ0) is 20.4. The molecule has 0 bridgehead atoms. The summed E-state index contributed by atoms with van der Waals surface area (Å²) < 4.78 is 0. The number of carbonyl (C=O) groups is 1. The van der Waals surface area contributed by atoms with Gasteiger partial charge in [0.25, 0.3) is 5.91 Å². The van der Waals surface area contributed by atoms with Gasteiger partial charge in [-0.1, -0.05) is 25.1 Å². The molecular formula is C20H24N6OS2. The van der Waals surface area contributed by atoms with Crippen LogP contribution < -0.4 is 16.4 Å². The summed E-state index contributed by atoms with van der Waals surface area (Å²) in [5.74, 6) is 2.04. The summed E-state index contributed by atoms with van der Waals surface area (Å²) in [6.07, 6.45) is 5.27. The minimum atomic E-state index is -0.0680. The number of thiocarbonyl (C=S) groups is 1. The van der Waals surface area contributed by atoms with Crippen molar-refractivity contribution >= 4 is 46.1 Å². The number of nitrogens with two attached hydrogens (primary N) is 1. The summed E-state index contributed by atoms with van der Waals surface area (Å²) in [6.45, 7) is 1.25. The van der Waals surface area contributed by atoms with Gasteiger partial charge in [-0.25, -0.2) is 9.97 Å². The van der Waals surface area contributed by atoms with Gasteiger partial charge >= 0.3 is 0 Å². The first kappa shape index (κ1) is 19.8. The molecule has 0 radical (unpaired) electrons. The monoisotopic (exact) mass is 428 g/mol. The maximum Gasteiger partial charge on any atom is 0.258 e. The zero-order valence-electron chi connectivity index (χ0n) is 16.2. The van der Waals surface area contributed by atoms with Crippen LogP contribution in [0.15, 0.2) is 40.5 Å². The van der Waals surface area contributed by atoms with Gasteiger partial charge in [0, 0.05) is 43.3 Å². The van der Waals surface area contributed by atoms with Crippen molar-refractivity contribution in [2.24, 2.45) is 11.8 Å². The summed E-state index contributed by atoms with van der Waals surface area (Å²) in [5.41, 5.74) is 10.0. The average molecular weight is 429 g/mol. The highest BCUT2D eigenvalue weighted by molar-refractivity contribution is 7.81. The standard InChI is InChI=1S/C20H24N6OS2/c1-26-9-14(6-12-2-3-12)18(23-8-13-4-5-22-15(21)7-13)17(20(26)27)19(28)25-16-10-29-11-24-16/h4-5,7,10-12,14,23H,2-3,6,8-9H2,1H3,(H2,21,22)(H,25,28)/t14-/m1/s1. The van der Waals surface area contributed by atoms with Gasteiger partial charge in [-0.2, -0.15) is 0 Å². The SMILES string of the molecule is CN1C[C@@H](CC2CC2)C(NCc2ccnc(N)c2)=C(C(=S)Nc2cscn2)C1=O.